The normalized spacial score (nSPS) is 11.2. The summed E-state index contributed by atoms with van der Waals surface area (Å²) in [6.07, 6.45) is 3.46. The molecule has 0 aliphatic rings. The molecule has 23 heavy (non-hydrogen) atoms. The predicted molar refractivity (Wildman–Crippen MR) is 85.4 cm³/mol. The summed E-state index contributed by atoms with van der Waals surface area (Å²) in [5.74, 6) is -0.318. The van der Waals surface area contributed by atoms with Crippen LogP contribution in [0.5, 0.6) is 0 Å². The Morgan fingerprint density at radius 3 is 2.61 bits per heavy atom. The highest BCUT2D eigenvalue weighted by atomic mass is 32.2. The molecule has 0 fully saturated rings. The van der Waals surface area contributed by atoms with Gasteiger partial charge in [-0.25, -0.2) is 23.1 Å². The zero-order valence-electron chi connectivity index (χ0n) is 12.7. The number of rotatable bonds is 7. The van der Waals surface area contributed by atoms with Crippen LogP contribution in [0.2, 0.25) is 0 Å². The Bertz CT molecular complexity index is 763. The van der Waals surface area contributed by atoms with Crippen LogP contribution in [-0.2, 0) is 16.4 Å². The van der Waals surface area contributed by atoms with Crippen LogP contribution in [-0.4, -0.2) is 37.4 Å². The van der Waals surface area contributed by atoms with Gasteiger partial charge in [0.1, 0.15) is 6.33 Å². The van der Waals surface area contributed by atoms with E-state index in [-0.39, 0.29) is 23.9 Å². The monoisotopic (exact) mass is 334 g/mol. The topological polar surface area (TPSA) is 101 Å². The maximum absolute atomic E-state index is 12.1. The highest BCUT2D eigenvalue weighted by Crippen LogP contribution is 2.06. The minimum absolute atomic E-state index is 0.0954. The summed E-state index contributed by atoms with van der Waals surface area (Å²) in [4.78, 5) is 20.1. The van der Waals surface area contributed by atoms with Gasteiger partial charge in [0.25, 0.3) is 5.91 Å². The number of carbonyl (C=O) groups excluding carboxylic acids is 1. The van der Waals surface area contributed by atoms with Crippen molar-refractivity contribution < 1.29 is 13.2 Å². The maximum Gasteiger partial charge on any atom is 0.254 e. The molecule has 1 heterocycles. The van der Waals surface area contributed by atoms with Gasteiger partial charge in [0.05, 0.1) is 16.2 Å². The summed E-state index contributed by atoms with van der Waals surface area (Å²) < 4.78 is 26.4. The molecular weight excluding hydrogens is 316 g/mol. The molecule has 0 spiro atoms. The second kappa shape index (κ2) is 7.80. The molecule has 0 aliphatic carbocycles. The van der Waals surface area contributed by atoms with E-state index in [0.29, 0.717) is 17.7 Å². The average Bonchev–Trinajstić information content (AvgIpc) is 2.59. The summed E-state index contributed by atoms with van der Waals surface area (Å²) in [5, 5.41) is 2.65. The van der Waals surface area contributed by atoms with E-state index in [9.17, 15) is 13.2 Å². The summed E-state index contributed by atoms with van der Waals surface area (Å²) in [5.41, 5.74) is 1.06. The smallest absolute Gasteiger partial charge is 0.254 e. The molecule has 0 saturated carbocycles. The first-order valence-corrected chi connectivity index (χ1v) is 8.64. The van der Waals surface area contributed by atoms with Crippen LogP contribution in [0.1, 0.15) is 23.0 Å². The molecular formula is C15H18N4O3S. The standard InChI is InChI=1S/C15H18N4O3S/c1-2-14-13(10-16-11-18-14)15(20)17-8-9-19-23(21,22)12-6-4-3-5-7-12/h3-7,10-11,19H,2,8-9H2,1H3,(H,17,20). The van der Waals surface area contributed by atoms with Crippen molar-refractivity contribution in [1.82, 2.24) is 20.0 Å². The van der Waals surface area contributed by atoms with Crippen LogP contribution >= 0.6 is 0 Å². The van der Waals surface area contributed by atoms with Gasteiger partial charge in [0.15, 0.2) is 0 Å². The lowest BCUT2D eigenvalue weighted by molar-refractivity contribution is 0.0952. The fourth-order valence-electron chi connectivity index (χ4n) is 1.97. The van der Waals surface area contributed by atoms with Crippen molar-refractivity contribution in [2.75, 3.05) is 13.1 Å². The van der Waals surface area contributed by atoms with Gasteiger partial charge in [-0.15, -0.1) is 0 Å². The van der Waals surface area contributed by atoms with Crippen LogP contribution < -0.4 is 10.0 Å². The van der Waals surface area contributed by atoms with E-state index in [2.05, 4.69) is 20.0 Å². The summed E-state index contributed by atoms with van der Waals surface area (Å²) in [6.45, 7) is 2.16. The van der Waals surface area contributed by atoms with Gasteiger partial charge in [-0.1, -0.05) is 25.1 Å². The van der Waals surface area contributed by atoms with Gasteiger partial charge in [0.2, 0.25) is 10.0 Å². The second-order valence-electron chi connectivity index (χ2n) is 4.70. The Labute approximate surface area is 135 Å². The zero-order chi connectivity index (χ0) is 16.7. The number of aryl methyl sites for hydroxylation is 1. The molecule has 2 aromatic rings. The zero-order valence-corrected chi connectivity index (χ0v) is 13.5. The van der Waals surface area contributed by atoms with Gasteiger partial charge in [-0.05, 0) is 18.6 Å². The molecule has 8 heteroatoms. The summed E-state index contributed by atoms with van der Waals surface area (Å²) in [6, 6.07) is 8.06. The van der Waals surface area contributed by atoms with E-state index in [1.807, 2.05) is 6.92 Å². The highest BCUT2D eigenvalue weighted by Gasteiger charge is 2.14. The minimum Gasteiger partial charge on any atom is -0.351 e. The van der Waals surface area contributed by atoms with E-state index < -0.39 is 10.0 Å². The van der Waals surface area contributed by atoms with Crippen molar-refractivity contribution in [3.8, 4) is 0 Å². The SMILES string of the molecule is CCc1ncncc1C(=O)NCCNS(=O)(=O)c1ccccc1. The Morgan fingerprint density at radius 1 is 1.17 bits per heavy atom. The fraction of sp³-hybridized carbons (Fsp3) is 0.267. The molecule has 0 saturated heterocycles. The van der Waals surface area contributed by atoms with E-state index in [0.717, 1.165) is 0 Å². The molecule has 0 unspecified atom stereocenters. The lowest BCUT2D eigenvalue weighted by Gasteiger charge is -2.09. The molecule has 122 valence electrons. The van der Waals surface area contributed by atoms with Gasteiger partial charge in [-0.2, -0.15) is 0 Å². The Morgan fingerprint density at radius 2 is 1.91 bits per heavy atom. The predicted octanol–water partition coefficient (Wildman–Crippen LogP) is 0.747. The van der Waals surface area contributed by atoms with Crippen LogP contribution in [0, 0.1) is 0 Å². The maximum atomic E-state index is 12.1. The number of amides is 1. The van der Waals surface area contributed by atoms with E-state index in [1.165, 1.54) is 24.7 Å². The number of hydrogen-bond acceptors (Lipinski definition) is 5. The second-order valence-corrected chi connectivity index (χ2v) is 6.47. The Balaban J connectivity index is 1.87. The van der Waals surface area contributed by atoms with Crippen molar-refractivity contribution in [3.05, 3.63) is 54.1 Å². The molecule has 2 rings (SSSR count). The lowest BCUT2D eigenvalue weighted by atomic mass is 10.2. The van der Waals surface area contributed by atoms with E-state index in [1.54, 1.807) is 18.2 Å². The van der Waals surface area contributed by atoms with Crippen molar-refractivity contribution in [2.45, 2.75) is 18.2 Å². The van der Waals surface area contributed by atoms with Crippen LogP contribution in [0.4, 0.5) is 0 Å². The third-order valence-electron chi connectivity index (χ3n) is 3.13. The first-order chi connectivity index (χ1) is 11.0. The van der Waals surface area contributed by atoms with Crippen LogP contribution in [0.3, 0.4) is 0 Å². The number of hydrogen-bond donors (Lipinski definition) is 2. The minimum atomic E-state index is -3.56. The molecule has 1 aromatic carbocycles. The third kappa shape index (κ3) is 4.57. The first kappa shape index (κ1) is 17.0. The largest absolute Gasteiger partial charge is 0.351 e. The van der Waals surface area contributed by atoms with E-state index in [4.69, 9.17) is 0 Å². The molecule has 0 atom stereocenters. The quantitative estimate of drug-likeness (QED) is 0.728. The van der Waals surface area contributed by atoms with Crippen LogP contribution in [0.15, 0.2) is 47.8 Å². The third-order valence-corrected chi connectivity index (χ3v) is 4.61. The van der Waals surface area contributed by atoms with Crippen LogP contribution in [0.25, 0.3) is 0 Å². The fourth-order valence-corrected chi connectivity index (χ4v) is 3.02. The molecule has 0 aliphatic heterocycles. The van der Waals surface area contributed by atoms with E-state index >= 15 is 0 Å². The number of aromatic nitrogens is 2. The van der Waals surface area contributed by atoms with Crippen molar-refractivity contribution >= 4 is 15.9 Å². The molecule has 1 aromatic heterocycles. The van der Waals surface area contributed by atoms with Gasteiger partial charge < -0.3 is 5.32 Å². The highest BCUT2D eigenvalue weighted by molar-refractivity contribution is 7.89. The molecule has 0 radical (unpaired) electrons. The van der Waals surface area contributed by atoms with Gasteiger partial charge in [-0.3, -0.25) is 4.79 Å². The Hall–Kier alpha value is -2.32. The number of benzene rings is 1. The first-order valence-electron chi connectivity index (χ1n) is 7.16. The summed E-state index contributed by atoms with van der Waals surface area (Å²) >= 11 is 0. The lowest BCUT2D eigenvalue weighted by Crippen LogP contribution is -2.35. The molecule has 0 bridgehead atoms. The van der Waals surface area contributed by atoms with Crippen molar-refractivity contribution in [3.63, 3.8) is 0 Å². The number of carbonyl (C=O) groups is 1. The number of nitrogens with zero attached hydrogens (tertiary/aromatic N) is 2. The van der Waals surface area contributed by atoms with Crippen molar-refractivity contribution in [1.29, 1.82) is 0 Å². The number of nitrogens with one attached hydrogen (secondary N) is 2. The number of sulfonamides is 1. The molecule has 7 nitrogen and oxygen atoms in total. The Kier molecular flexibility index (Phi) is 5.78. The molecule has 2 N–H and O–H groups in total. The van der Waals surface area contributed by atoms with Gasteiger partial charge >= 0.3 is 0 Å². The van der Waals surface area contributed by atoms with Gasteiger partial charge in [0, 0.05) is 19.3 Å². The van der Waals surface area contributed by atoms with Crippen molar-refractivity contribution in [2.24, 2.45) is 0 Å². The average molecular weight is 334 g/mol. The summed E-state index contributed by atoms with van der Waals surface area (Å²) in [7, 11) is -3.56. The molecule has 1 amide bonds.